The number of hydrogen-bond acceptors (Lipinski definition) is 2. The van der Waals surface area contributed by atoms with Gasteiger partial charge in [0.2, 0.25) is 0 Å². The van der Waals surface area contributed by atoms with Crippen LogP contribution in [-0.2, 0) is 25.3 Å². The minimum absolute atomic E-state index is 0. The molecule has 3 heteroatoms. The van der Waals surface area contributed by atoms with Gasteiger partial charge < -0.3 is 25.3 Å². The van der Waals surface area contributed by atoms with Crippen molar-refractivity contribution in [2.24, 2.45) is 0 Å². The third-order valence-corrected chi connectivity index (χ3v) is 2.57. The molecule has 0 amide bonds. The normalized spacial score (nSPS) is 8.00. The third kappa shape index (κ3) is 90.6. The van der Waals surface area contributed by atoms with Gasteiger partial charge in [0.1, 0.15) is 0 Å². The molecule has 0 bridgehead atoms. The van der Waals surface area contributed by atoms with Crippen LogP contribution in [0.15, 0.2) is 0 Å². The Morgan fingerprint density at radius 1 is 0.571 bits per heavy atom. The predicted molar refractivity (Wildman–Crippen MR) is 110 cm³/mol. The molecule has 0 aromatic rings. The molecule has 0 nitrogen and oxygen atoms in total. The Morgan fingerprint density at radius 3 is 0.952 bits per heavy atom. The van der Waals surface area contributed by atoms with E-state index in [0.717, 1.165) is 11.5 Å². The molecular weight excluding hydrogens is 399 g/mol. The number of unbranched alkanes of at least 4 members (excludes halogenated alkanes) is 6. The Morgan fingerprint density at radius 2 is 0.810 bits per heavy atom. The van der Waals surface area contributed by atoms with Gasteiger partial charge in [-0.1, -0.05) is 92.9 Å². The summed E-state index contributed by atoms with van der Waals surface area (Å²) >= 11 is 9.53. The summed E-state index contributed by atoms with van der Waals surface area (Å²) in [6.45, 7) is 12.4. The van der Waals surface area contributed by atoms with Crippen LogP contribution in [0.5, 0.6) is 0 Å². The molecule has 0 N–H and O–H groups in total. The quantitative estimate of drug-likeness (QED) is 0.247. The first-order chi connectivity index (χ1) is 9.66. The van der Waals surface area contributed by atoms with Gasteiger partial charge in [0.25, 0.3) is 0 Å². The summed E-state index contributed by atoms with van der Waals surface area (Å²) in [6, 6.07) is 0. The van der Waals surface area contributed by atoms with Crippen molar-refractivity contribution in [3.05, 3.63) is 12.8 Å². The largest absolute Gasteiger partial charge is 2.00 e. The van der Waals surface area contributed by atoms with Crippen LogP contribution in [-0.4, -0.2) is 35.4 Å². The second-order valence-electron chi connectivity index (χ2n) is 4.68. The zero-order valence-electron chi connectivity index (χ0n) is 15.5. The standard InChI is InChI=1S/2C6H14S.2C3H7.Sn/c2*1-2-3-4-5-6-7;2*1-3-2;/h2*7H,2-6H2,1H3;2*3H,1-2H3;/q;;;;+2/p-2. The minimum atomic E-state index is 0. The molecule has 0 heterocycles. The molecule has 0 saturated heterocycles. The van der Waals surface area contributed by atoms with Gasteiger partial charge in [-0.15, -0.1) is 0 Å². The average molecular weight is 439 g/mol. The van der Waals surface area contributed by atoms with Crippen LogP contribution in [0.2, 0.25) is 0 Å². The van der Waals surface area contributed by atoms with E-state index in [1.54, 1.807) is 0 Å². The summed E-state index contributed by atoms with van der Waals surface area (Å²) < 4.78 is 0. The smallest absolute Gasteiger partial charge is 0.793 e. The summed E-state index contributed by atoms with van der Waals surface area (Å²) in [7, 11) is 0. The fraction of sp³-hybridized carbons (Fsp3) is 0.889. The average Bonchev–Trinajstić information content (AvgIpc) is 2.43. The van der Waals surface area contributed by atoms with E-state index in [1.165, 1.54) is 51.4 Å². The Balaban J connectivity index is -0.0000000576. The number of rotatable bonds is 8. The van der Waals surface area contributed by atoms with Crippen molar-refractivity contribution in [1.29, 1.82) is 0 Å². The zero-order valence-corrected chi connectivity index (χ0v) is 20.0. The Hall–Kier alpha value is 1.50. The Bertz CT molecular complexity index is 81.2. The predicted octanol–water partition coefficient (Wildman–Crippen LogP) is 6.31. The second-order valence-corrected chi connectivity index (χ2v) is 5.50. The van der Waals surface area contributed by atoms with Gasteiger partial charge in [0, 0.05) is 0 Å². The van der Waals surface area contributed by atoms with Crippen LogP contribution in [0.25, 0.3) is 0 Å². The van der Waals surface area contributed by atoms with E-state index >= 15 is 0 Å². The summed E-state index contributed by atoms with van der Waals surface area (Å²) in [5.41, 5.74) is 0. The SMILES string of the molecule is CCCCCC[S-].CCCCCC[S-].C[CH]C.C[CH]C.[Sn+2]. The molecule has 128 valence electrons. The number of hydrogen-bond donors (Lipinski definition) is 0. The molecule has 0 spiro atoms. The van der Waals surface area contributed by atoms with E-state index in [0.29, 0.717) is 0 Å². The van der Waals surface area contributed by atoms with Crippen molar-refractivity contribution in [2.45, 2.75) is 92.9 Å². The first-order valence-electron chi connectivity index (χ1n) is 8.30. The maximum absolute atomic E-state index is 4.77. The van der Waals surface area contributed by atoms with Gasteiger partial charge in [-0.2, -0.15) is 11.5 Å². The molecule has 0 aromatic heterocycles. The van der Waals surface area contributed by atoms with E-state index < -0.39 is 0 Å². The summed E-state index contributed by atoms with van der Waals surface area (Å²) in [6.07, 6.45) is 14.5. The second kappa shape index (κ2) is 49.6. The molecule has 0 aliphatic carbocycles. The van der Waals surface area contributed by atoms with Gasteiger partial charge in [-0.3, -0.25) is 0 Å². The van der Waals surface area contributed by atoms with Crippen LogP contribution in [0, 0.1) is 12.8 Å². The summed E-state index contributed by atoms with van der Waals surface area (Å²) in [4.78, 5) is 0. The molecule has 0 fully saturated rings. The molecule has 0 rings (SSSR count). The van der Waals surface area contributed by atoms with Crippen LogP contribution >= 0.6 is 0 Å². The summed E-state index contributed by atoms with van der Waals surface area (Å²) in [5.74, 6) is 1.89. The van der Waals surface area contributed by atoms with Crippen LogP contribution in [0.3, 0.4) is 0 Å². The van der Waals surface area contributed by atoms with E-state index in [1.807, 2.05) is 40.5 Å². The van der Waals surface area contributed by atoms with Crippen molar-refractivity contribution < 1.29 is 0 Å². The van der Waals surface area contributed by atoms with Gasteiger partial charge in [0.15, 0.2) is 0 Å². The van der Waals surface area contributed by atoms with Crippen LogP contribution in [0.1, 0.15) is 92.9 Å². The van der Waals surface area contributed by atoms with Crippen molar-refractivity contribution in [2.75, 3.05) is 11.5 Å². The van der Waals surface area contributed by atoms with Gasteiger partial charge >= 0.3 is 23.9 Å². The van der Waals surface area contributed by atoms with Gasteiger partial charge in [-0.05, 0) is 12.8 Å². The topological polar surface area (TPSA) is 0 Å². The van der Waals surface area contributed by atoms with Crippen molar-refractivity contribution in [3.8, 4) is 0 Å². The molecule has 0 aliphatic rings. The van der Waals surface area contributed by atoms with E-state index in [2.05, 4.69) is 13.8 Å². The Kier molecular flexibility index (Phi) is 80.2. The van der Waals surface area contributed by atoms with Gasteiger partial charge in [-0.25, -0.2) is 0 Å². The molecule has 21 heavy (non-hydrogen) atoms. The molecule has 0 aromatic carbocycles. The maximum atomic E-state index is 4.77. The fourth-order valence-electron chi connectivity index (χ4n) is 1.06. The first-order valence-corrected chi connectivity index (χ1v) is 9.46. The molecule has 0 atom stereocenters. The fourth-order valence-corrected chi connectivity index (χ4v) is 1.47. The third-order valence-electron chi connectivity index (χ3n) is 2.00. The minimum Gasteiger partial charge on any atom is -0.793 e. The summed E-state index contributed by atoms with van der Waals surface area (Å²) in [5, 5.41) is 0. The molecule has 0 unspecified atom stereocenters. The monoisotopic (exact) mass is 440 g/mol. The van der Waals surface area contributed by atoms with Crippen molar-refractivity contribution in [3.63, 3.8) is 0 Å². The van der Waals surface area contributed by atoms with Gasteiger partial charge in [0.05, 0.1) is 0 Å². The van der Waals surface area contributed by atoms with E-state index in [-0.39, 0.29) is 23.9 Å². The Labute approximate surface area is 165 Å². The maximum Gasteiger partial charge on any atom is 2.00 e. The van der Waals surface area contributed by atoms with Crippen molar-refractivity contribution in [1.82, 2.24) is 0 Å². The molecular formula is C18H40S2Sn. The van der Waals surface area contributed by atoms with Crippen molar-refractivity contribution >= 4 is 49.2 Å². The molecule has 0 saturated carbocycles. The molecule has 4 radical (unpaired) electrons. The van der Waals surface area contributed by atoms with Crippen LogP contribution in [0.4, 0.5) is 0 Å². The van der Waals surface area contributed by atoms with E-state index in [4.69, 9.17) is 25.3 Å². The van der Waals surface area contributed by atoms with Crippen LogP contribution < -0.4 is 0 Å². The zero-order chi connectivity index (χ0) is 16.5. The first kappa shape index (κ1) is 34.0. The molecule has 0 aliphatic heterocycles. The van der Waals surface area contributed by atoms with E-state index in [9.17, 15) is 0 Å².